The van der Waals surface area contributed by atoms with E-state index < -0.39 is 4.92 Å². The molecule has 20 heavy (non-hydrogen) atoms. The maximum Gasteiger partial charge on any atom is 0.294 e. The molecule has 6 heteroatoms. The van der Waals surface area contributed by atoms with Crippen LogP contribution in [-0.2, 0) is 6.54 Å². The maximum absolute atomic E-state index is 11.0. The second kappa shape index (κ2) is 6.29. The molecule has 106 valence electrons. The van der Waals surface area contributed by atoms with Gasteiger partial charge in [0.15, 0.2) is 0 Å². The van der Waals surface area contributed by atoms with Crippen molar-refractivity contribution in [2.75, 3.05) is 6.54 Å². The third-order valence-corrected chi connectivity index (χ3v) is 2.83. The first-order valence-corrected chi connectivity index (χ1v) is 6.57. The van der Waals surface area contributed by atoms with E-state index in [0.29, 0.717) is 18.2 Å². The number of aromatic nitrogens is 2. The number of hydrogen-bond donors (Lipinski definition) is 1. The van der Waals surface area contributed by atoms with E-state index in [1.165, 1.54) is 6.07 Å². The number of nitro benzene ring substituents is 1. The van der Waals surface area contributed by atoms with Gasteiger partial charge in [-0.3, -0.25) is 10.1 Å². The molecule has 6 nitrogen and oxygen atoms in total. The minimum atomic E-state index is -0.395. The van der Waals surface area contributed by atoms with Gasteiger partial charge in [-0.05, 0) is 24.6 Å². The van der Waals surface area contributed by atoms with Gasteiger partial charge in [-0.1, -0.05) is 26.0 Å². The molecule has 0 spiro atoms. The van der Waals surface area contributed by atoms with Crippen LogP contribution in [0.1, 0.15) is 19.5 Å². The quantitative estimate of drug-likeness (QED) is 0.649. The van der Waals surface area contributed by atoms with Crippen LogP contribution in [0.2, 0.25) is 0 Å². The Bertz CT molecular complexity index is 592. The Kier molecular flexibility index (Phi) is 4.47. The summed E-state index contributed by atoms with van der Waals surface area (Å²) in [6, 6.07) is 8.45. The second-order valence-electron chi connectivity index (χ2n) is 5.02. The van der Waals surface area contributed by atoms with E-state index in [9.17, 15) is 10.1 Å². The lowest BCUT2D eigenvalue weighted by Gasteiger charge is -2.05. The number of benzene rings is 1. The number of para-hydroxylation sites is 2. The molecule has 0 fully saturated rings. The topological polar surface area (TPSA) is 73.0 Å². The van der Waals surface area contributed by atoms with Gasteiger partial charge in [0.1, 0.15) is 5.69 Å². The van der Waals surface area contributed by atoms with Crippen molar-refractivity contribution in [2.45, 2.75) is 20.4 Å². The van der Waals surface area contributed by atoms with Crippen LogP contribution in [0.25, 0.3) is 5.69 Å². The summed E-state index contributed by atoms with van der Waals surface area (Å²) < 4.78 is 1.55. The van der Waals surface area contributed by atoms with E-state index in [2.05, 4.69) is 24.3 Å². The molecule has 2 rings (SSSR count). The first-order chi connectivity index (χ1) is 9.58. The minimum Gasteiger partial charge on any atom is -0.311 e. The van der Waals surface area contributed by atoms with Gasteiger partial charge < -0.3 is 5.32 Å². The molecule has 0 bridgehead atoms. The van der Waals surface area contributed by atoms with Crippen molar-refractivity contribution in [2.24, 2.45) is 5.92 Å². The predicted octanol–water partition coefficient (Wildman–Crippen LogP) is 2.53. The molecule has 2 aromatic rings. The fourth-order valence-electron chi connectivity index (χ4n) is 1.89. The Morgan fingerprint density at radius 3 is 2.80 bits per heavy atom. The first kappa shape index (κ1) is 14.2. The van der Waals surface area contributed by atoms with Gasteiger partial charge in [-0.2, -0.15) is 5.10 Å². The molecule has 0 saturated heterocycles. The molecule has 1 aromatic carbocycles. The van der Waals surface area contributed by atoms with Crippen LogP contribution in [0.5, 0.6) is 0 Å². The van der Waals surface area contributed by atoms with E-state index in [4.69, 9.17) is 0 Å². The van der Waals surface area contributed by atoms with Crippen molar-refractivity contribution in [1.29, 1.82) is 0 Å². The molecule has 0 aliphatic carbocycles. The predicted molar refractivity (Wildman–Crippen MR) is 76.8 cm³/mol. The van der Waals surface area contributed by atoms with Crippen molar-refractivity contribution in [1.82, 2.24) is 15.1 Å². The summed E-state index contributed by atoms with van der Waals surface area (Å²) in [5.74, 6) is 0.576. The van der Waals surface area contributed by atoms with Crippen LogP contribution in [0, 0.1) is 16.0 Å². The van der Waals surface area contributed by atoms with Gasteiger partial charge in [0.05, 0.1) is 10.6 Å². The molecule has 0 unspecified atom stereocenters. The number of nitrogens with one attached hydrogen (secondary N) is 1. The van der Waals surface area contributed by atoms with Crippen LogP contribution in [0.4, 0.5) is 5.69 Å². The van der Waals surface area contributed by atoms with Gasteiger partial charge in [0.2, 0.25) is 0 Å². The Morgan fingerprint density at radius 1 is 1.35 bits per heavy atom. The van der Waals surface area contributed by atoms with E-state index in [1.807, 2.05) is 6.07 Å². The van der Waals surface area contributed by atoms with Crippen molar-refractivity contribution < 1.29 is 4.92 Å². The standard InChI is InChI=1S/C14H18N4O2/c1-11(2)9-15-10-12-7-8-17(16-12)13-5-3-4-6-14(13)18(19)20/h3-8,11,15H,9-10H2,1-2H3. The zero-order chi connectivity index (χ0) is 14.5. The molecule has 0 aliphatic heterocycles. The summed E-state index contributed by atoms with van der Waals surface area (Å²) in [5, 5.41) is 18.7. The van der Waals surface area contributed by atoms with Crippen LogP contribution in [0.15, 0.2) is 36.5 Å². The monoisotopic (exact) mass is 274 g/mol. The highest BCUT2D eigenvalue weighted by molar-refractivity contribution is 5.51. The molecule has 0 atom stereocenters. The smallest absolute Gasteiger partial charge is 0.294 e. The number of hydrogen-bond acceptors (Lipinski definition) is 4. The third-order valence-electron chi connectivity index (χ3n) is 2.83. The van der Waals surface area contributed by atoms with Gasteiger partial charge >= 0.3 is 0 Å². The van der Waals surface area contributed by atoms with Crippen molar-refractivity contribution in [3.8, 4) is 5.69 Å². The number of nitro groups is 1. The molecule has 0 saturated carbocycles. The summed E-state index contributed by atoms with van der Waals surface area (Å²) in [5.41, 5.74) is 1.40. The van der Waals surface area contributed by atoms with Crippen LogP contribution < -0.4 is 5.32 Å². The minimum absolute atomic E-state index is 0.0530. The lowest BCUT2D eigenvalue weighted by molar-refractivity contribution is -0.384. The molecule has 0 radical (unpaired) electrons. The zero-order valence-electron chi connectivity index (χ0n) is 11.6. The van der Waals surface area contributed by atoms with E-state index in [-0.39, 0.29) is 5.69 Å². The van der Waals surface area contributed by atoms with E-state index in [1.54, 1.807) is 29.1 Å². The Labute approximate surface area is 117 Å². The molecule has 1 aromatic heterocycles. The largest absolute Gasteiger partial charge is 0.311 e. The molecule has 1 heterocycles. The normalized spacial score (nSPS) is 10.9. The third kappa shape index (κ3) is 3.42. The van der Waals surface area contributed by atoms with Crippen LogP contribution in [-0.4, -0.2) is 21.2 Å². The van der Waals surface area contributed by atoms with Gasteiger partial charge in [-0.15, -0.1) is 0 Å². The van der Waals surface area contributed by atoms with E-state index >= 15 is 0 Å². The van der Waals surface area contributed by atoms with Crippen LogP contribution in [0.3, 0.4) is 0 Å². The highest BCUT2D eigenvalue weighted by atomic mass is 16.6. The van der Waals surface area contributed by atoms with Crippen LogP contribution >= 0.6 is 0 Å². The van der Waals surface area contributed by atoms with Crippen molar-refractivity contribution in [3.63, 3.8) is 0 Å². The summed E-state index contributed by atoms with van der Waals surface area (Å²) in [7, 11) is 0. The highest BCUT2D eigenvalue weighted by Crippen LogP contribution is 2.21. The molecule has 0 aliphatic rings. The molecular weight excluding hydrogens is 256 g/mol. The van der Waals surface area contributed by atoms with Gasteiger partial charge in [-0.25, -0.2) is 4.68 Å². The van der Waals surface area contributed by atoms with Gasteiger partial charge in [0.25, 0.3) is 5.69 Å². The summed E-state index contributed by atoms with van der Waals surface area (Å²) >= 11 is 0. The van der Waals surface area contributed by atoms with Gasteiger partial charge in [0, 0.05) is 18.8 Å². The lowest BCUT2D eigenvalue weighted by Crippen LogP contribution is -2.19. The Balaban J connectivity index is 2.15. The maximum atomic E-state index is 11.0. The van der Waals surface area contributed by atoms with E-state index in [0.717, 1.165) is 12.2 Å². The van der Waals surface area contributed by atoms with Crippen molar-refractivity contribution in [3.05, 3.63) is 52.3 Å². The zero-order valence-corrected chi connectivity index (χ0v) is 11.6. The molecule has 1 N–H and O–H groups in total. The second-order valence-corrected chi connectivity index (χ2v) is 5.02. The highest BCUT2D eigenvalue weighted by Gasteiger charge is 2.14. The summed E-state index contributed by atoms with van der Waals surface area (Å²) in [6.07, 6.45) is 1.74. The fraction of sp³-hybridized carbons (Fsp3) is 0.357. The molecule has 0 amide bonds. The average molecular weight is 274 g/mol. The fourth-order valence-corrected chi connectivity index (χ4v) is 1.89. The Morgan fingerprint density at radius 2 is 2.10 bits per heavy atom. The first-order valence-electron chi connectivity index (χ1n) is 6.57. The van der Waals surface area contributed by atoms with Crippen molar-refractivity contribution >= 4 is 5.69 Å². The summed E-state index contributed by atoms with van der Waals surface area (Å²) in [4.78, 5) is 10.6. The number of rotatable bonds is 6. The Hall–Kier alpha value is -2.21. The lowest BCUT2D eigenvalue weighted by atomic mass is 10.2. The average Bonchev–Trinajstić information content (AvgIpc) is 2.87. The molecular formula is C14H18N4O2. The summed E-state index contributed by atoms with van der Waals surface area (Å²) in [6.45, 7) is 5.85. The SMILES string of the molecule is CC(C)CNCc1ccn(-c2ccccc2[N+](=O)[O-])n1. The number of nitrogens with zero attached hydrogens (tertiary/aromatic N) is 3.